The lowest BCUT2D eigenvalue weighted by atomic mass is 9.85. The van der Waals surface area contributed by atoms with E-state index in [1.807, 2.05) is 14.1 Å². The van der Waals surface area contributed by atoms with Crippen LogP contribution in [0.1, 0.15) is 71.1 Å². The maximum Gasteiger partial charge on any atom is 0.230 e. The Labute approximate surface area is 200 Å². The number of guanidine groups is 1. The van der Waals surface area contributed by atoms with Crippen molar-refractivity contribution in [2.45, 2.75) is 77.2 Å². The summed E-state index contributed by atoms with van der Waals surface area (Å²) in [5.41, 5.74) is -0.299. The number of ether oxygens (including phenoxy) is 1. The largest absolute Gasteiger partial charge is 0.378 e. The van der Waals surface area contributed by atoms with Crippen molar-refractivity contribution in [2.75, 3.05) is 46.9 Å². The molecule has 0 unspecified atom stereocenters. The molecule has 1 saturated heterocycles. The Morgan fingerprint density at radius 2 is 1.73 bits per heavy atom. The highest BCUT2D eigenvalue weighted by Gasteiger charge is 2.42. The third-order valence-electron chi connectivity index (χ3n) is 7.07. The van der Waals surface area contributed by atoms with Gasteiger partial charge in [0.05, 0.1) is 18.1 Å². The summed E-state index contributed by atoms with van der Waals surface area (Å²) < 4.78 is 6.23. The average molecular weight is 535 g/mol. The van der Waals surface area contributed by atoms with Crippen molar-refractivity contribution in [3.63, 3.8) is 0 Å². The Balaban J connectivity index is 0.00000320. The quantitative estimate of drug-likeness (QED) is 0.306. The van der Waals surface area contributed by atoms with Crippen molar-refractivity contribution in [3.8, 4) is 0 Å². The second-order valence-corrected chi connectivity index (χ2v) is 9.53. The highest BCUT2D eigenvalue weighted by atomic mass is 127. The fraction of sp³-hybridized carbons (Fsp3) is 0.913. The molecule has 0 radical (unpaired) electrons. The number of carbonyl (C=O) groups excluding carboxylic acids is 1. The van der Waals surface area contributed by atoms with Gasteiger partial charge in [-0.3, -0.25) is 9.79 Å². The Hall–Kier alpha value is -0.570. The van der Waals surface area contributed by atoms with Gasteiger partial charge in [-0.2, -0.15) is 0 Å². The molecule has 0 aromatic rings. The van der Waals surface area contributed by atoms with Crippen LogP contribution in [0.2, 0.25) is 0 Å². The van der Waals surface area contributed by atoms with Gasteiger partial charge < -0.3 is 19.9 Å². The molecule has 6 nitrogen and oxygen atoms in total. The van der Waals surface area contributed by atoms with Gasteiger partial charge >= 0.3 is 0 Å². The van der Waals surface area contributed by atoms with Crippen LogP contribution in [-0.2, 0) is 9.53 Å². The van der Waals surface area contributed by atoms with Crippen LogP contribution in [-0.4, -0.2) is 74.7 Å². The van der Waals surface area contributed by atoms with Gasteiger partial charge in [0.2, 0.25) is 5.91 Å². The van der Waals surface area contributed by atoms with Crippen molar-refractivity contribution in [3.05, 3.63) is 0 Å². The number of piperidine rings is 1. The van der Waals surface area contributed by atoms with Crippen LogP contribution in [0.25, 0.3) is 0 Å². The molecule has 0 aromatic carbocycles. The molecule has 0 aromatic heterocycles. The van der Waals surface area contributed by atoms with Gasteiger partial charge in [0, 0.05) is 40.3 Å². The lowest BCUT2D eigenvalue weighted by Crippen LogP contribution is -2.48. The Kier molecular flexibility index (Phi) is 10.7. The maximum atomic E-state index is 12.8. The Morgan fingerprint density at radius 3 is 2.30 bits per heavy atom. The second-order valence-electron chi connectivity index (χ2n) is 9.53. The molecular formula is C23H43IN4O2. The lowest BCUT2D eigenvalue weighted by Gasteiger charge is -2.35. The van der Waals surface area contributed by atoms with E-state index in [-0.39, 0.29) is 35.3 Å². The number of rotatable bonds is 7. The summed E-state index contributed by atoms with van der Waals surface area (Å²) in [6.45, 7) is 6.49. The summed E-state index contributed by atoms with van der Waals surface area (Å²) in [7, 11) is 3.74. The van der Waals surface area contributed by atoms with Crippen molar-refractivity contribution in [1.29, 1.82) is 0 Å². The number of hydrogen-bond acceptors (Lipinski definition) is 3. The topological polar surface area (TPSA) is 57.2 Å². The lowest BCUT2D eigenvalue weighted by molar-refractivity contribution is -0.138. The molecule has 30 heavy (non-hydrogen) atoms. The average Bonchev–Trinajstić information content (AvgIpc) is 3.42. The number of carbonyl (C=O) groups is 1. The van der Waals surface area contributed by atoms with E-state index in [1.165, 1.54) is 25.7 Å². The van der Waals surface area contributed by atoms with Crippen LogP contribution in [0.5, 0.6) is 0 Å². The predicted octanol–water partition coefficient (Wildman–Crippen LogP) is 3.89. The van der Waals surface area contributed by atoms with E-state index in [9.17, 15) is 4.79 Å². The molecule has 2 saturated carbocycles. The minimum absolute atomic E-state index is 0. The fourth-order valence-electron chi connectivity index (χ4n) is 5.30. The first-order valence-electron chi connectivity index (χ1n) is 11.9. The van der Waals surface area contributed by atoms with Crippen molar-refractivity contribution < 1.29 is 9.53 Å². The van der Waals surface area contributed by atoms with Gasteiger partial charge in [0.25, 0.3) is 0 Å². The molecule has 1 N–H and O–H groups in total. The first-order valence-corrected chi connectivity index (χ1v) is 11.9. The van der Waals surface area contributed by atoms with Crippen molar-refractivity contribution in [1.82, 2.24) is 15.1 Å². The minimum Gasteiger partial charge on any atom is -0.378 e. The van der Waals surface area contributed by atoms with Crippen LogP contribution >= 0.6 is 24.0 Å². The van der Waals surface area contributed by atoms with Gasteiger partial charge in [-0.05, 0) is 51.4 Å². The zero-order valence-electron chi connectivity index (χ0n) is 19.3. The highest BCUT2D eigenvalue weighted by molar-refractivity contribution is 14.0. The molecule has 3 aliphatic rings. The minimum atomic E-state index is -0.299. The number of likely N-dealkylation sites (tertiary alicyclic amines) is 1. The first kappa shape index (κ1) is 25.7. The standard InChI is InChI=1S/C23H42N4O2.HI/c1-4-24-22(25-18-23(13-7-8-14-23)21(28)26(2)3)27-15-11-20(12-16-27)29-17-19-9-5-6-10-19;/h19-20H,4-18H2,1-3H3,(H,24,25);1H. The van der Waals surface area contributed by atoms with Gasteiger partial charge in [0.15, 0.2) is 5.96 Å². The smallest absolute Gasteiger partial charge is 0.230 e. The molecule has 0 atom stereocenters. The summed E-state index contributed by atoms with van der Waals surface area (Å²) in [6, 6.07) is 0. The van der Waals surface area contributed by atoms with Crippen LogP contribution < -0.4 is 5.32 Å². The number of nitrogens with one attached hydrogen (secondary N) is 1. The summed E-state index contributed by atoms with van der Waals surface area (Å²) in [6.07, 6.45) is 12.2. The molecule has 3 fully saturated rings. The van der Waals surface area contributed by atoms with E-state index in [0.29, 0.717) is 12.6 Å². The third kappa shape index (κ3) is 6.71. The number of amides is 1. The number of nitrogens with zero attached hydrogens (tertiary/aromatic N) is 3. The first-order chi connectivity index (χ1) is 14.0. The molecule has 1 aliphatic heterocycles. The van der Waals surface area contributed by atoms with E-state index in [2.05, 4.69) is 17.1 Å². The summed E-state index contributed by atoms with van der Waals surface area (Å²) in [4.78, 5) is 21.9. The number of aliphatic imine (C=N–C) groups is 1. The Morgan fingerprint density at radius 1 is 1.10 bits per heavy atom. The molecule has 174 valence electrons. The zero-order valence-corrected chi connectivity index (χ0v) is 21.7. The van der Waals surface area contributed by atoms with E-state index < -0.39 is 0 Å². The summed E-state index contributed by atoms with van der Waals surface area (Å²) in [5, 5.41) is 3.46. The second kappa shape index (κ2) is 12.5. The van der Waals surface area contributed by atoms with Gasteiger partial charge in [-0.25, -0.2) is 0 Å². The van der Waals surface area contributed by atoms with E-state index in [0.717, 1.165) is 76.6 Å². The van der Waals surface area contributed by atoms with Gasteiger partial charge in [-0.15, -0.1) is 24.0 Å². The van der Waals surface area contributed by atoms with Crippen LogP contribution in [0.3, 0.4) is 0 Å². The monoisotopic (exact) mass is 534 g/mol. The van der Waals surface area contributed by atoms with E-state index in [1.54, 1.807) is 4.90 Å². The fourth-order valence-corrected chi connectivity index (χ4v) is 5.30. The van der Waals surface area contributed by atoms with Crippen LogP contribution in [0.4, 0.5) is 0 Å². The molecule has 1 amide bonds. The van der Waals surface area contributed by atoms with Gasteiger partial charge in [-0.1, -0.05) is 25.7 Å². The third-order valence-corrected chi connectivity index (χ3v) is 7.07. The number of hydrogen-bond donors (Lipinski definition) is 1. The highest BCUT2D eigenvalue weighted by Crippen LogP contribution is 2.40. The summed E-state index contributed by atoms with van der Waals surface area (Å²) in [5.74, 6) is 2.01. The predicted molar refractivity (Wildman–Crippen MR) is 133 cm³/mol. The SMILES string of the molecule is CCNC(=NCC1(C(=O)N(C)C)CCCC1)N1CCC(OCC2CCCC2)CC1.I. The van der Waals surface area contributed by atoms with Crippen LogP contribution in [0.15, 0.2) is 4.99 Å². The molecule has 1 heterocycles. The van der Waals surface area contributed by atoms with Crippen LogP contribution in [0, 0.1) is 11.3 Å². The van der Waals surface area contributed by atoms with Crippen molar-refractivity contribution in [2.24, 2.45) is 16.3 Å². The Bertz CT molecular complexity index is 549. The van der Waals surface area contributed by atoms with E-state index >= 15 is 0 Å². The molecule has 7 heteroatoms. The normalized spacial score (nSPS) is 22.8. The van der Waals surface area contributed by atoms with Gasteiger partial charge in [0.1, 0.15) is 0 Å². The molecule has 0 bridgehead atoms. The number of halogens is 1. The zero-order chi connectivity index (χ0) is 20.7. The van der Waals surface area contributed by atoms with Crippen molar-refractivity contribution >= 4 is 35.8 Å². The molecule has 0 spiro atoms. The van der Waals surface area contributed by atoms with E-state index in [4.69, 9.17) is 9.73 Å². The maximum absolute atomic E-state index is 12.8. The molecule has 2 aliphatic carbocycles. The molecular weight excluding hydrogens is 491 g/mol. The summed E-state index contributed by atoms with van der Waals surface area (Å²) >= 11 is 0. The molecule has 3 rings (SSSR count).